The molecule has 1 aliphatic rings. The molecule has 116 valence electrons. The number of hydrogen-bond donors (Lipinski definition) is 3. The molecule has 0 spiro atoms. The van der Waals surface area contributed by atoms with Crippen LogP contribution in [0.4, 0.5) is 5.69 Å². The van der Waals surface area contributed by atoms with Gasteiger partial charge in [0, 0.05) is 5.69 Å². The Kier molecular flexibility index (Phi) is 5.56. The fourth-order valence-corrected chi connectivity index (χ4v) is 2.78. The second-order valence-electron chi connectivity index (χ2n) is 6.22. The Morgan fingerprint density at radius 1 is 1.29 bits per heavy atom. The average Bonchev–Trinajstić information content (AvgIpc) is 2.49. The summed E-state index contributed by atoms with van der Waals surface area (Å²) in [6.07, 6.45) is 0. The van der Waals surface area contributed by atoms with Crippen molar-refractivity contribution in [2.75, 3.05) is 38.2 Å². The van der Waals surface area contributed by atoms with Crippen LogP contribution in [-0.2, 0) is 4.74 Å². The lowest BCUT2D eigenvalue weighted by Crippen LogP contribution is -3.22. The van der Waals surface area contributed by atoms with E-state index < -0.39 is 0 Å². The Hall–Kier alpha value is -1.17. The molecule has 1 saturated heterocycles. The average molecular weight is 308 g/mol. The van der Waals surface area contributed by atoms with Gasteiger partial charge < -0.3 is 20.3 Å². The summed E-state index contributed by atoms with van der Waals surface area (Å²) >= 11 is 5.41. The van der Waals surface area contributed by atoms with Gasteiger partial charge in [-0.05, 0) is 44.6 Å². The Bertz CT molecular complexity index is 484. The van der Waals surface area contributed by atoms with Gasteiger partial charge in [0.1, 0.15) is 18.6 Å². The van der Waals surface area contributed by atoms with Crippen LogP contribution in [0.1, 0.15) is 19.4 Å². The van der Waals surface area contributed by atoms with Gasteiger partial charge in [-0.2, -0.15) is 0 Å². The van der Waals surface area contributed by atoms with Crippen LogP contribution in [0.2, 0.25) is 0 Å². The standard InChI is InChI=1S/C16H25N3OS/c1-13-6-4-5-7-14(13)18-15(21)17-12-16(2,3)19-8-10-20-11-9-19/h4-7H,8-12H2,1-3H3,(H2,17,18,21)/p+1. The number of quaternary nitrogens is 1. The molecule has 1 aliphatic heterocycles. The quantitative estimate of drug-likeness (QED) is 0.725. The van der Waals surface area contributed by atoms with E-state index in [2.05, 4.69) is 37.5 Å². The van der Waals surface area contributed by atoms with Gasteiger partial charge in [-0.25, -0.2) is 0 Å². The Morgan fingerprint density at radius 3 is 2.62 bits per heavy atom. The molecule has 0 bridgehead atoms. The Morgan fingerprint density at radius 2 is 1.95 bits per heavy atom. The van der Waals surface area contributed by atoms with E-state index in [1.165, 1.54) is 5.56 Å². The first-order chi connectivity index (χ1) is 9.99. The van der Waals surface area contributed by atoms with Crippen LogP contribution in [-0.4, -0.2) is 43.5 Å². The van der Waals surface area contributed by atoms with Crippen LogP contribution in [0.5, 0.6) is 0 Å². The van der Waals surface area contributed by atoms with Gasteiger partial charge in [0.25, 0.3) is 0 Å². The van der Waals surface area contributed by atoms with Gasteiger partial charge in [-0.15, -0.1) is 0 Å². The minimum absolute atomic E-state index is 0.140. The third-order valence-electron chi connectivity index (χ3n) is 4.14. The lowest BCUT2D eigenvalue weighted by atomic mass is 10.0. The summed E-state index contributed by atoms with van der Waals surface area (Å²) < 4.78 is 5.43. The van der Waals surface area contributed by atoms with Crippen LogP contribution in [0.3, 0.4) is 0 Å². The minimum Gasteiger partial charge on any atom is -0.370 e. The van der Waals surface area contributed by atoms with Crippen LogP contribution in [0.15, 0.2) is 24.3 Å². The van der Waals surface area contributed by atoms with Crippen LogP contribution in [0, 0.1) is 6.92 Å². The van der Waals surface area contributed by atoms with Crippen LogP contribution < -0.4 is 15.5 Å². The molecular formula is C16H26N3OS+. The number of ether oxygens (including phenoxy) is 1. The van der Waals surface area contributed by atoms with Crippen molar-refractivity contribution in [3.63, 3.8) is 0 Å². The second-order valence-corrected chi connectivity index (χ2v) is 6.63. The normalized spacial score (nSPS) is 16.5. The van der Waals surface area contributed by atoms with E-state index in [1.54, 1.807) is 4.90 Å². The SMILES string of the molecule is Cc1ccccc1NC(=S)NCC(C)(C)[NH+]1CCOCC1. The number of hydrogen-bond acceptors (Lipinski definition) is 2. The number of anilines is 1. The van der Waals surface area contributed by atoms with E-state index in [-0.39, 0.29) is 5.54 Å². The third kappa shape index (κ3) is 4.66. The molecule has 5 heteroatoms. The molecule has 3 N–H and O–H groups in total. The van der Waals surface area contributed by atoms with Gasteiger partial charge in [0.15, 0.2) is 5.11 Å². The monoisotopic (exact) mass is 308 g/mol. The lowest BCUT2D eigenvalue weighted by Gasteiger charge is -2.37. The second kappa shape index (κ2) is 7.20. The summed E-state index contributed by atoms with van der Waals surface area (Å²) in [5, 5.41) is 7.31. The van der Waals surface area contributed by atoms with Crippen molar-refractivity contribution in [3.8, 4) is 0 Å². The predicted molar refractivity (Wildman–Crippen MR) is 91.0 cm³/mol. The summed E-state index contributed by atoms with van der Waals surface area (Å²) in [5.41, 5.74) is 2.40. The van der Waals surface area contributed by atoms with E-state index in [1.807, 2.05) is 18.2 Å². The van der Waals surface area contributed by atoms with Crippen molar-refractivity contribution < 1.29 is 9.64 Å². The van der Waals surface area contributed by atoms with Gasteiger partial charge >= 0.3 is 0 Å². The number of thiocarbonyl (C=S) groups is 1. The number of rotatable bonds is 4. The summed E-state index contributed by atoms with van der Waals surface area (Å²) in [4.78, 5) is 1.57. The number of aryl methyl sites for hydroxylation is 1. The Balaban J connectivity index is 1.84. The molecule has 0 amide bonds. The zero-order chi connectivity index (χ0) is 15.3. The molecule has 0 atom stereocenters. The molecule has 0 aromatic heterocycles. The summed E-state index contributed by atoms with van der Waals surface area (Å²) in [7, 11) is 0. The highest BCUT2D eigenvalue weighted by molar-refractivity contribution is 7.80. The van der Waals surface area contributed by atoms with Crippen molar-refractivity contribution in [2.24, 2.45) is 0 Å². The molecule has 0 saturated carbocycles. The summed E-state index contributed by atoms with van der Waals surface area (Å²) in [5.74, 6) is 0. The van der Waals surface area contributed by atoms with E-state index in [0.29, 0.717) is 5.11 Å². The number of nitrogens with one attached hydrogen (secondary N) is 3. The molecule has 1 aromatic carbocycles. The van der Waals surface area contributed by atoms with Crippen LogP contribution >= 0.6 is 12.2 Å². The maximum absolute atomic E-state index is 5.43. The number of morpholine rings is 1. The summed E-state index contributed by atoms with van der Waals surface area (Å²) in [6, 6.07) is 8.16. The van der Waals surface area contributed by atoms with Crippen molar-refractivity contribution in [1.82, 2.24) is 5.32 Å². The van der Waals surface area contributed by atoms with E-state index in [4.69, 9.17) is 17.0 Å². The zero-order valence-electron chi connectivity index (χ0n) is 13.2. The highest BCUT2D eigenvalue weighted by Crippen LogP contribution is 2.12. The first kappa shape index (κ1) is 16.2. The van der Waals surface area contributed by atoms with Gasteiger partial charge in [0.05, 0.1) is 19.8 Å². The predicted octanol–water partition coefficient (Wildman–Crippen LogP) is 0.975. The number of para-hydroxylation sites is 1. The van der Waals surface area contributed by atoms with Gasteiger partial charge in [-0.1, -0.05) is 18.2 Å². The van der Waals surface area contributed by atoms with E-state index >= 15 is 0 Å². The molecule has 1 heterocycles. The minimum atomic E-state index is 0.140. The summed E-state index contributed by atoms with van der Waals surface area (Å²) in [6.45, 7) is 11.3. The fourth-order valence-electron chi connectivity index (χ4n) is 2.60. The van der Waals surface area contributed by atoms with Crippen molar-refractivity contribution in [3.05, 3.63) is 29.8 Å². The van der Waals surface area contributed by atoms with Gasteiger partial charge in [0.2, 0.25) is 0 Å². The van der Waals surface area contributed by atoms with Crippen LogP contribution in [0.25, 0.3) is 0 Å². The smallest absolute Gasteiger partial charge is 0.171 e. The molecule has 0 unspecified atom stereocenters. The Labute approximate surface area is 132 Å². The fraction of sp³-hybridized carbons (Fsp3) is 0.562. The topological polar surface area (TPSA) is 37.7 Å². The largest absolute Gasteiger partial charge is 0.370 e. The number of benzene rings is 1. The molecule has 0 radical (unpaired) electrons. The van der Waals surface area contributed by atoms with E-state index in [9.17, 15) is 0 Å². The highest BCUT2D eigenvalue weighted by atomic mass is 32.1. The maximum atomic E-state index is 5.43. The highest BCUT2D eigenvalue weighted by Gasteiger charge is 2.32. The van der Waals surface area contributed by atoms with Crippen molar-refractivity contribution in [2.45, 2.75) is 26.3 Å². The molecule has 0 aliphatic carbocycles. The molecule has 21 heavy (non-hydrogen) atoms. The van der Waals surface area contributed by atoms with Crippen molar-refractivity contribution >= 4 is 23.0 Å². The first-order valence-electron chi connectivity index (χ1n) is 7.52. The maximum Gasteiger partial charge on any atom is 0.171 e. The third-order valence-corrected chi connectivity index (χ3v) is 4.38. The van der Waals surface area contributed by atoms with Gasteiger partial charge in [-0.3, -0.25) is 0 Å². The molecule has 1 fully saturated rings. The molecule has 1 aromatic rings. The zero-order valence-corrected chi connectivity index (χ0v) is 14.0. The van der Waals surface area contributed by atoms with E-state index in [0.717, 1.165) is 38.5 Å². The molecular weight excluding hydrogens is 282 g/mol. The lowest BCUT2D eigenvalue weighted by molar-refractivity contribution is -0.954. The molecule has 2 rings (SSSR count). The molecule has 4 nitrogen and oxygen atoms in total. The van der Waals surface area contributed by atoms with Crippen molar-refractivity contribution in [1.29, 1.82) is 0 Å². The first-order valence-corrected chi connectivity index (χ1v) is 7.93.